The van der Waals surface area contributed by atoms with Crippen LogP contribution < -0.4 is 15.5 Å². The number of hydrogen-bond acceptors (Lipinski definition) is 2. The Kier molecular flexibility index (Phi) is 5.57. The quantitative estimate of drug-likeness (QED) is 0.867. The molecule has 0 saturated carbocycles. The molecule has 22 heavy (non-hydrogen) atoms. The molecule has 6 heteroatoms. The highest BCUT2D eigenvalue weighted by atomic mass is 19.1. The number of rotatable bonds is 5. The number of anilines is 2. The van der Waals surface area contributed by atoms with Gasteiger partial charge >= 0.3 is 6.03 Å². The van der Waals surface area contributed by atoms with E-state index >= 15 is 0 Å². The first-order valence-electron chi connectivity index (χ1n) is 7.86. The predicted molar refractivity (Wildman–Crippen MR) is 84.3 cm³/mol. The molecule has 1 aromatic carbocycles. The molecule has 0 aromatic heterocycles. The van der Waals surface area contributed by atoms with E-state index in [9.17, 15) is 13.6 Å². The lowest BCUT2D eigenvalue weighted by Gasteiger charge is -2.20. The van der Waals surface area contributed by atoms with E-state index < -0.39 is 17.7 Å². The Morgan fingerprint density at radius 2 is 1.73 bits per heavy atom. The van der Waals surface area contributed by atoms with Gasteiger partial charge < -0.3 is 15.5 Å². The van der Waals surface area contributed by atoms with E-state index in [1.165, 1.54) is 12.1 Å². The van der Waals surface area contributed by atoms with Gasteiger partial charge in [-0.05, 0) is 37.8 Å². The minimum atomic E-state index is -0.639. The molecule has 0 bridgehead atoms. The van der Waals surface area contributed by atoms with Crippen LogP contribution in [0.25, 0.3) is 0 Å². The van der Waals surface area contributed by atoms with E-state index in [0.717, 1.165) is 25.7 Å². The van der Waals surface area contributed by atoms with Crippen molar-refractivity contribution < 1.29 is 13.6 Å². The van der Waals surface area contributed by atoms with Crippen molar-refractivity contribution in [1.82, 2.24) is 5.32 Å². The molecule has 0 spiro atoms. The largest absolute Gasteiger partial charge is 0.367 e. The summed E-state index contributed by atoms with van der Waals surface area (Å²) in [6.45, 7) is 5.27. The molecule has 4 nitrogen and oxygen atoms in total. The van der Waals surface area contributed by atoms with Gasteiger partial charge in [-0.25, -0.2) is 13.6 Å². The van der Waals surface area contributed by atoms with E-state index in [0.29, 0.717) is 13.1 Å². The summed E-state index contributed by atoms with van der Waals surface area (Å²) in [6, 6.07) is 1.95. The third-order valence-corrected chi connectivity index (χ3v) is 4.02. The molecule has 1 aliphatic rings. The number of nitrogens with zero attached hydrogens (tertiary/aromatic N) is 1. The van der Waals surface area contributed by atoms with Crippen LogP contribution in [0.2, 0.25) is 0 Å². The van der Waals surface area contributed by atoms with Gasteiger partial charge in [-0.15, -0.1) is 0 Å². The first kappa shape index (κ1) is 16.5. The Bertz CT molecular complexity index is 503. The monoisotopic (exact) mass is 311 g/mol. The van der Waals surface area contributed by atoms with Crippen molar-refractivity contribution in [1.29, 1.82) is 0 Å². The minimum absolute atomic E-state index is 0.00320. The van der Waals surface area contributed by atoms with Gasteiger partial charge in [0.2, 0.25) is 0 Å². The number of urea groups is 1. The maximum atomic E-state index is 14.2. The number of benzene rings is 1. The van der Waals surface area contributed by atoms with E-state index in [1.807, 2.05) is 13.8 Å². The van der Waals surface area contributed by atoms with Crippen molar-refractivity contribution in [2.45, 2.75) is 45.6 Å². The summed E-state index contributed by atoms with van der Waals surface area (Å²) in [5.41, 5.74) is 0.129. The van der Waals surface area contributed by atoms with Gasteiger partial charge in [0.05, 0.1) is 0 Å². The molecule has 122 valence electrons. The number of amides is 2. The summed E-state index contributed by atoms with van der Waals surface area (Å²) in [7, 11) is 0. The van der Waals surface area contributed by atoms with Gasteiger partial charge in [-0.3, -0.25) is 0 Å². The summed E-state index contributed by atoms with van der Waals surface area (Å²) < 4.78 is 28.3. The fraction of sp³-hybridized carbons (Fsp3) is 0.562. The Morgan fingerprint density at radius 3 is 2.23 bits per heavy atom. The number of hydrogen-bond donors (Lipinski definition) is 2. The molecule has 2 rings (SSSR count). The highest BCUT2D eigenvalue weighted by Gasteiger charge is 2.21. The molecule has 1 heterocycles. The van der Waals surface area contributed by atoms with Crippen LogP contribution in [-0.2, 0) is 0 Å². The molecule has 0 radical (unpaired) electrons. The normalized spacial score (nSPS) is 14.5. The maximum absolute atomic E-state index is 14.2. The van der Waals surface area contributed by atoms with Crippen LogP contribution >= 0.6 is 0 Å². The average molecular weight is 311 g/mol. The van der Waals surface area contributed by atoms with Crippen molar-refractivity contribution in [2.24, 2.45) is 0 Å². The zero-order valence-corrected chi connectivity index (χ0v) is 13.1. The Balaban J connectivity index is 2.08. The molecule has 0 unspecified atom stereocenters. The van der Waals surface area contributed by atoms with Gasteiger partial charge in [-0.1, -0.05) is 13.8 Å². The van der Waals surface area contributed by atoms with Crippen LogP contribution in [0.3, 0.4) is 0 Å². The van der Waals surface area contributed by atoms with Gasteiger partial charge in [-0.2, -0.15) is 0 Å². The SMILES string of the molecule is CCC(CC)NC(=O)Nc1cc(F)c(N2CCCC2)c(F)c1. The zero-order valence-electron chi connectivity index (χ0n) is 13.1. The van der Waals surface area contributed by atoms with Crippen molar-refractivity contribution in [3.05, 3.63) is 23.8 Å². The van der Waals surface area contributed by atoms with Crippen LogP contribution in [0.4, 0.5) is 25.0 Å². The fourth-order valence-electron chi connectivity index (χ4n) is 2.73. The second-order valence-corrected chi connectivity index (χ2v) is 5.59. The van der Waals surface area contributed by atoms with Crippen molar-refractivity contribution >= 4 is 17.4 Å². The third-order valence-electron chi connectivity index (χ3n) is 4.02. The number of nitrogens with one attached hydrogen (secondary N) is 2. The van der Waals surface area contributed by atoms with Gasteiger partial charge in [0, 0.05) is 24.8 Å². The summed E-state index contributed by atoms with van der Waals surface area (Å²) in [6.07, 6.45) is 3.49. The molecular weight excluding hydrogens is 288 g/mol. The summed E-state index contributed by atoms with van der Waals surface area (Å²) in [5.74, 6) is -1.28. The van der Waals surface area contributed by atoms with Gasteiger partial charge in [0.25, 0.3) is 0 Å². The lowest BCUT2D eigenvalue weighted by Crippen LogP contribution is -2.37. The second-order valence-electron chi connectivity index (χ2n) is 5.59. The molecule has 1 saturated heterocycles. The highest BCUT2D eigenvalue weighted by Crippen LogP contribution is 2.29. The van der Waals surface area contributed by atoms with Crippen LogP contribution in [0, 0.1) is 11.6 Å². The topological polar surface area (TPSA) is 44.4 Å². The van der Waals surface area contributed by atoms with Gasteiger partial charge in [0.1, 0.15) is 5.69 Å². The number of halogens is 2. The molecule has 2 amide bonds. The zero-order chi connectivity index (χ0) is 16.1. The first-order chi connectivity index (χ1) is 10.5. The average Bonchev–Trinajstić information content (AvgIpc) is 2.97. The minimum Gasteiger partial charge on any atom is -0.367 e. The standard InChI is InChI=1S/C16H23F2N3O/c1-3-11(4-2)19-16(22)20-12-9-13(17)15(14(18)10-12)21-7-5-6-8-21/h9-11H,3-8H2,1-2H3,(H2,19,20,22). The molecular formula is C16H23F2N3O. The molecule has 1 fully saturated rings. The summed E-state index contributed by atoms with van der Waals surface area (Å²) in [4.78, 5) is 13.5. The van der Waals surface area contributed by atoms with Crippen molar-refractivity contribution in [2.75, 3.05) is 23.3 Å². The predicted octanol–water partition coefficient (Wildman–Crippen LogP) is 3.88. The third kappa shape index (κ3) is 3.87. The van der Waals surface area contributed by atoms with Crippen LogP contribution in [0.5, 0.6) is 0 Å². The summed E-state index contributed by atoms with van der Waals surface area (Å²) >= 11 is 0. The Hall–Kier alpha value is -1.85. The molecule has 0 aliphatic carbocycles. The van der Waals surface area contributed by atoms with E-state index in [2.05, 4.69) is 10.6 Å². The van der Waals surface area contributed by atoms with E-state index in [1.54, 1.807) is 4.90 Å². The molecule has 0 atom stereocenters. The lowest BCUT2D eigenvalue weighted by atomic mass is 10.2. The van der Waals surface area contributed by atoms with Crippen LogP contribution in [0.15, 0.2) is 12.1 Å². The van der Waals surface area contributed by atoms with Crippen LogP contribution in [-0.4, -0.2) is 25.2 Å². The first-order valence-corrected chi connectivity index (χ1v) is 7.86. The van der Waals surface area contributed by atoms with E-state index in [-0.39, 0.29) is 17.4 Å². The Labute approximate surface area is 129 Å². The lowest BCUT2D eigenvalue weighted by molar-refractivity contribution is 0.247. The van der Waals surface area contributed by atoms with Gasteiger partial charge in [0.15, 0.2) is 11.6 Å². The van der Waals surface area contributed by atoms with E-state index in [4.69, 9.17) is 0 Å². The molecule has 2 N–H and O–H groups in total. The van der Waals surface area contributed by atoms with Crippen molar-refractivity contribution in [3.63, 3.8) is 0 Å². The van der Waals surface area contributed by atoms with Crippen LogP contribution in [0.1, 0.15) is 39.5 Å². The molecule has 1 aliphatic heterocycles. The Morgan fingerprint density at radius 1 is 1.18 bits per heavy atom. The smallest absolute Gasteiger partial charge is 0.319 e. The number of carbonyl (C=O) groups is 1. The van der Waals surface area contributed by atoms with Crippen molar-refractivity contribution in [3.8, 4) is 0 Å². The number of carbonyl (C=O) groups excluding carboxylic acids is 1. The maximum Gasteiger partial charge on any atom is 0.319 e. The second kappa shape index (κ2) is 7.42. The highest BCUT2D eigenvalue weighted by molar-refractivity contribution is 5.89. The summed E-state index contributed by atoms with van der Waals surface area (Å²) in [5, 5.41) is 5.26. The fourth-order valence-corrected chi connectivity index (χ4v) is 2.73. The molecule has 1 aromatic rings.